The summed E-state index contributed by atoms with van der Waals surface area (Å²) in [7, 11) is 3.11. The lowest BCUT2D eigenvalue weighted by atomic mass is 9.85. The van der Waals surface area contributed by atoms with E-state index in [4.69, 9.17) is 14.2 Å². The van der Waals surface area contributed by atoms with Crippen molar-refractivity contribution in [1.82, 2.24) is 5.32 Å². The van der Waals surface area contributed by atoms with E-state index in [-0.39, 0.29) is 0 Å². The maximum Gasteiger partial charge on any atom is 0.408 e. The van der Waals surface area contributed by atoms with Crippen LogP contribution in [0.1, 0.15) is 37.8 Å². The van der Waals surface area contributed by atoms with E-state index in [9.17, 15) is 14.7 Å². The Balaban J connectivity index is 2.46. The van der Waals surface area contributed by atoms with E-state index >= 15 is 0 Å². The highest BCUT2D eigenvalue weighted by Gasteiger charge is 2.34. The van der Waals surface area contributed by atoms with Gasteiger partial charge in [-0.3, -0.25) is 0 Å². The quantitative estimate of drug-likeness (QED) is 0.733. The van der Waals surface area contributed by atoms with Crippen LogP contribution in [0, 0.1) is 0 Å². The molecule has 1 atom stereocenters. The zero-order chi connectivity index (χ0) is 21.6. The number of carbonyl (C=O) groups is 2. The number of aliphatic carboxylic acids is 1. The molecule has 0 fully saturated rings. The number of hydrogen-bond donors (Lipinski definition) is 2. The van der Waals surface area contributed by atoms with Crippen LogP contribution in [0.15, 0.2) is 48.5 Å². The molecule has 0 bridgehead atoms. The minimum absolute atomic E-state index is 0.647. The Labute approximate surface area is 170 Å². The van der Waals surface area contributed by atoms with Crippen LogP contribution < -0.4 is 14.8 Å². The van der Waals surface area contributed by atoms with Gasteiger partial charge < -0.3 is 24.6 Å². The average molecular weight is 401 g/mol. The smallest absolute Gasteiger partial charge is 0.408 e. The summed E-state index contributed by atoms with van der Waals surface area (Å²) in [5, 5.41) is 12.4. The summed E-state index contributed by atoms with van der Waals surface area (Å²) in [4.78, 5) is 24.4. The Morgan fingerprint density at radius 1 is 0.862 bits per heavy atom. The molecule has 0 aliphatic carbocycles. The monoisotopic (exact) mass is 401 g/mol. The zero-order valence-corrected chi connectivity index (χ0v) is 17.3. The predicted octanol–water partition coefficient (Wildman–Crippen LogP) is 3.81. The Morgan fingerprint density at radius 3 is 1.59 bits per heavy atom. The highest BCUT2D eigenvalue weighted by molar-refractivity contribution is 5.82. The van der Waals surface area contributed by atoms with E-state index in [1.807, 2.05) is 0 Å². The number of carbonyl (C=O) groups excluding carboxylic acids is 1. The predicted molar refractivity (Wildman–Crippen MR) is 109 cm³/mol. The van der Waals surface area contributed by atoms with Gasteiger partial charge in [0, 0.05) is 5.92 Å². The van der Waals surface area contributed by atoms with Gasteiger partial charge >= 0.3 is 12.1 Å². The van der Waals surface area contributed by atoms with Crippen molar-refractivity contribution in [2.24, 2.45) is 0 Å². The molecular weight excluding hydrogens is 374 g/mol. The third kappa shape index (κ3) is 6.14. The third-order valence-electron chi connectivity index (χ3n) is 4.22. The Hall–Kier alpha value is -3.22. The highest BCUT2D eigenvalue weighted by Crippen LogP contribution is 2.31. The standard InChI is InChI=1S/C22H27NO6/c1-22(2,3)29-21(26)23-19(20(24)25)18(14-6-10-16(27-4)11-7-14)15-8-12-17(28-5)13-9-15/h6-13,18-19H,1-5H3,(H,23,26)(H,24,25)/t19-/m0/s1. The summed E-state index contributed by atoms with van der Waals surface area (Å²) in [5.74, 6) is -0.534. The molecule has 7 nitrogen and oxygen atoms in total. The van der Waals surface area contributed by atoms with Gasteiger partial charge in [-0.05, 0) is 56.2 Å². The molecule has 29 heavy (non-hydrogen) atoms. The van der Waals surface area contributed by atoms with E-state index in [1.165, 1.54) is 0 Å². The molecule has 2 aromatic carbocycles. The molecule has 1 amide bonds. The summed E-state index contributed by atoms with van der Waals surface area (Å²) in [6.07, 6.45) is -0.795. The maximum atomic E-state index is 12.3. The lowest BCUT2D eigenvalue weighted by Crippen LogP contribution is -2.47. The molecular formula is C22H27NO6. The van der Waals surface area contributed by atoms with E-state index in [2.05, 4.69) is 5.32 Å². The summed E-state index contributed by atoms with van der Waals surface area (Å²) >= 11 is 0. The van der Waals surface area contributed by atoms with Gasteiger partial charge in [0.15, 0.2) is 0 Å². The van der Waals surface area contributed by atoms with Crippen LogP contribution in [0.5, 0.6) is 11.5 Å². The second-order valence-electron chi connectivity index (χ2n) is 7.49. The molecule has 0 aliphatic heterocycles. The van der Waals surface area contributed by atoms with Gasteiger partial charge in [-0.15, -0.1) is 0 Å². The van der Waals surface area contributed by atoms with Crippen molar-refractivity contribution >= 4 is 12.1 Å². The number of nitrogens with one attached hydrogen (secondary N) is 1. The van der Waals surface area contributed by atoms with Crippen LogP contribution in [0.25, 0.3) is 0 Å². The van der Waals surface area contributed by atoms with Crippen LogP contribution in [-0.2, 0) is 9.53 Å². The summed E-state index contributed by atoms with van der Waals surface area (Å²) in [6, 6.07) is 12.9. The summed E-state index contributed by atoms with van der Waals surface area (Å²) in [6.45, 7) is 5.15. The number of carboxylic acids is 1. The average Bonchev–Trinajstić information content (AvgIpc) is 2.67. The third-order valence-corrected chi connectivity index (χ3v) is 4.22. The number of ether oxygens (including phenoxy) is 3. The molecule has 0 saturated carbocycles. The first-order valence-corrected chi connectivity index (χ1v) is 9.15. The van der Waals surface area contributed by atoms with Crippen LogP contribution in [0.3, 0.4) is 0 Å². The van der Waals surface area contributed by atoms with E-state index in [1.54, 1.807) is 83.5 Å². The van der Waals surface area contributed by atoms with E-state index in [0.717, 1.165) is 0 Å². The maximum absolute atomic E-state index is 12.3. The number of rotatable bonds is 7. The number of carboxylic acid groups (broad SMARTS) is 1. The topological polar surface area (TPSA) is 94.1 Å². The minimum atomic E-state index is -1.24. The molecule has 156 valence electrons. The van der Waals surface area contributed by atoms with Gasteiger partial charge in [0.1, 0.15) is 23.1 Å². The van der Waals surface area contributed by atoms with Crippen LogP contribution >= 0.6 is 0 Å². The Kier molecular flexibility index (Phi) is 7.09. The number of alkyl carbamates (subject to hydrolysis) is 1. The van der Waals surface area contributed by atoms with Crippen molar-refractivity contribution < 1.29 is 28.9 Å². The molecule has 0 heterocycles. The number of hydrogen-bond acceptors (Lipinski definition) is 5. The van der Waals surface area contributed by atoms with E-state index in [0.29, 0.717) is 22.6 Å². The molecule has 0 spiro atoms. The molecule has 2 rings (SSSR count). The largest absolute Gasteiger partial charge is 0.497 e. The Bertz CT molecular complexity index is 776. The fourth-order valence-electron chi connectivity index (χ4n) is 2.92. The van der Waals surface area contributed by atoms with Crippen molar-refractivity contribution in [3.63, 3.8) is 0 Å². The minimum Gasteiger partial charge on any atom is -0.497 e. The Morgan fingerprint density at radius 2 is 1.28 bits per heavy atom. The first-order valence-electron chi connectivity index (χ1n) is 9.15. The zero-order valence-electron chi connectivity index (χ0n) is 17.3. The second-order valence-corrected chi connectivity index (χ2v) is 7.49. The molecule has 0 aliphatic rings. The van der Waals surface area contributed by atoms with Crippen molar-refractivity contribution in [3.8, 4) is 11.5 Å². The summed E-state index contributed by atoms with van der Waals surface area (Å²) < 4.78 is 15.6. The van der Waals surface area contributed by atoms with Gasteiger partial charge in [0.05, 0.1) is 14.2 Å². The van der Waals surface area contributed by atoms with Gasteiger partial charge in [-0.1, -0.05) is 24.3 Å². The van der Waals surface area contributed by atoms with Crippen LogP contribution in [-0.4, -0.2) is 43.0 Å². The molecule has 0 unspecified atom stereocenters. The lowest BCUT2D eigenvalue weighted by Gasteiger charge is -2.28. The number of benzene rings is 2. The lowest BCUT2D eigenvalue weighted by molar-refractivity contribution is -0.139. The molecule has 0 radical (unpaired) electrons. The molecule has 7 heteroatoms. The van der Waals surface area contributed by atoms with Crippen molar-refractivity contribution in [3.05, 3.63) is 59.7 Å². The van der Waals surface area contributed by atoms with E-state index < -0.39 is 29.6 Å². The van der Waals surface area contributed by atoms with Crippen LogP contribution in [0.4, 0.5) is 4.79 Å². The van der Waals surface area contributed by atoms with Crippen LogP contribution in [0.2, 0.25) is 0 Å². The van der Waals surface area contributed by atoms with Gasteiger partial charge in [0.2, 0.25) is 0 Å². The van der Waals surface area contributed by atoms with Gasteiger partial charge in [-0.2, -0.15) is 0 Å². The molecule has 0 aromatic heterocycles. The first-order chi connectivity index (χ1) is 13.6. The summed E-state index contributed by atoms with van der Waals surface area (Å²) in [5.41, 5.74) is 0.668. The van der Waals surface area contributed by atoms with Gasteiger partial charge in [0.25, 0.3) is 0 Å². The second kappa shape index (κ2) is 9.32. The molecule has 2 N–H and O–H groups in total. The fraction of sp³-hybridized carbons (Fsp3) is 0.364. The van der Waals surface area contributed by atoms with Crippen molar-refractivity contribution in [2.75, 3.05) is 14.2 Å². The molecule has 2 aromatic rings. The van der Waals surface area contributed by atoms with Crippen molar-refractivity contribution in [2.45, 2.75) is 38.3 Å². The first kappa shape index (κ1) is 22.1. The normalized spacial score (nSPS) is 12.2. The molecule has 0 saturated heterocycles. The number of amides is 1. The van der Waals surface area contributed by atoms with Crippen molar-refractivity contribution in [1.29, 1.82) is 0 Å². The van der Waals surface area contributed by atoms with Gasteiger partial charge in [-0.25, -0.2) is 9.59 Å². The fourth-order valence-corrected chi connectivity index (χ4v) is 2.92. The SMILES string of the molecule is COc1ccc(C(c2ccc(OC)cc2)[C@H](NC(=O)OC(C)(C)C)C(=O)O)cc1. The highest BCUT2D eigenvalue weighted by atomic mass is 16.6. The number of methoxy groups -OCH3 is 2.